The molecule has 9 heteroatoms. The van der Waals surface area contributed by atoms with Gasteiger partial charge in [-0.05, 0) is 48.3 Å². The highest BCUT2D eigenvalue weighted by Crippen LogP contribution is 2.34. The van der Waals surface area contributed by atoms with Crippen molar-refractivity contribution in [2.75, 3.05) is 5.32 Å². The first-order valence-electron chi connectivity index (χ1n) is 6.22. The molecule has 0 aliphatic heterocycles. The van der Waals surface area contributed by atoms with Gasteiger partial charge < -0.3 is 11.1 Å². The van der Waals surface area contributed by atoms with Gasteiger partial charge in [-0.2, -0.15) is 4.39 Å². The molecular formula is C14H12ClFN4OS2. The molecule has 0 saturated carbocycles. The SMILES string of the molecule is NS/C(Sc1ccc(Cl)cc1)=C(\N)C(=O)Nc1ccc(F)nc1. The number of thioether (sulfide) groups is 1. The van der Waals surface area contributed by atoms with Gasteiger partial charge in [0.25, 0.3) is 5.91 Å². The van der Waals surface area contributed by atoms with E-state index in [1.165, 1.54) is 24.0 Å². The van der Waals surface area contributed by atoms with Crippen LogP contribution in [-0.2, 0) is 4.79 Å². The van der Waals surface area contributed by atoms with Crippen LogP contribution in [0.3, 0.4) is 0 Å². The van der Waals surface area contributed by atoms with E-state index in [1.54, 1.807) is 24.3 Å². The fourth-order valence-electron chi connectivity index (χ4n) is 1.49. The summed E-state index contributed by atoms with van der Waals surface area (Å²) in [6, 6.07) is 9.55. The Bertz CT molecular complexity index is 723. The number of pyridine rings is 1. The first-order valence-corrected chi connectivity index (χ1v) is 8.30. The molecule has 120 valence electrons. The summed E-state index contributed by atoms with van der Waals surface area (Å²) in [5, 5.41) is 8.72. The smallest absolute Gasteiger partial charge is 0.273 e. The number of rotatable bonds is 5. The van der Waals surface area contributed by atoms with Crippen LogP contribution in [0.5, 0.6) is 0 Å². The molecular weight excluding hydrogens is 359 g/mol. The average Bonchev–Trinajstić information content (AvgIpc) is 2.55. The highest BCUT2D eigenvalue weighted by atomic mass is 35.5. The maximum atomic E-state index is 12.7. The topological polar surface area (TPSA) is 94.0 Å². The van der Waals surface area contributed by atoms with E-state index in [1.807, 2.05) is 0 Å². The maximum absolute atomic E-state index is 12.7. The molecule has 1 heterocycles. The minimum Gasteiger partial charge on any atom is -0.393 e. The van der Waals surface area contributed by atoms with Crippen LogP contribution >= 0.6 is 35.3 Å². The van der Waals surface area contributed by atoms with Gasteiger partial charge in [0, 0.05) is 9.92 Å². The number of carbonyl (C=O) groups excluding carboxylic acids is 1. The number of benzene rings is 1. The predicted molar refractivity (Wildman–Crippen MR) is 93.1 cm³/mol. The van der Waals surface area contributed by atoms with Crippen LogP contribution in [0.2, 0.25) is 5.02 Å². The van der Waals surface area contributed by atoms with Crippen LogP contribution in [0.15, 0.2) is 57.4 Å². The first-order chi connectivity index (χ1) is 11.0. The summed E-state index contributed by atoms with van der Waals surface area (Å²) in [6.45, 7) is 0. The van der Waals surface area contributed by atoms with Gasteiger partial charge in [0.1, 0.15) is 5.70 Å². The van der Waals surface area contributed by atoms with Gasteiger partial charge in [-0.15, -0.1) is 0 Å². The van der Waals surface area contributed by atoms with E-state index in [0.717, 1.165) is 22.9 Å². The number of nitrogens with two attached hydrogens (primary N) is 2. The molecule has 0 radical (unpaired) electrons. The summed E-state index contributed by atoms with van der Waals surface area (Å²) in [4.78, 5) is 16.4. The quantitative estimate of drug-likeness (QED) is 0.323. The van der Waals surface area contributed by atoms with Crippen molar-refractivity contribution in [2.24, 2.45) is 10.9 Å². The second kappa shape index (κ2) is 8.21. The molecule has 1 aromatic carbocycles. The third kappa shape index (κ3) is 5.14. The summed E-state index contributed by atoms with van der Waals surface area (Å²) in [5.74, 6) is -1.18. The van der Waals surface area contributed by atoms with Gasteiger partial charge in [0.15, 0.2) is 0 Å². The van der Waals surface area contributed by atoms with Crippen LogP contribution in [0.1, 0.15) is 0 Å². The standard InChI is InChI=1S/C14H12ClFN4OS2/c15-8-1-4-10(5-2-8)22-14(23-18)12(17)13(21)20-9-3-6-11(16)19-7-9/h1-7H,17-18H2,(H,20,21)/b14-12-. The molecule has 2 rings (SSSR count). The average molecular weight is 371 g/mol. The first kappa shape index (κ1) is 17.6. The summed E-state index contributed by atoms with van der Waals surface area (Å²) in [5.41, 5.74) is 6.14. The number of hydrogen-bond acceptors (Lipinski definition) is 6. The Morgan fingerprint density at radius 2 is 1.91 bits per heavy atom. The van der Waals surface area contributed by atoms with E-state index >= 15 is 0 Å². The van der Waals surface area contributed by atoms with E-state index in [2.05, 4.69) is 10.3 Å². The Morgan fingerprint density at radius 3 is 2.48 bits per heavy atom. The summed E-state index contributed by atoms with van der Waals surface area (Å²) >= 11 is 7.93. The number of aromatic nitrogens is 1. The minimum atomic E-state index is -0.636. The van der Waals surface area contributed by atoms with Crippen molar-refractivity contribution in [3.63, 3.8) is 0 Å². The van der Waals surface area contributed by atoms with Gasteiger partial charge in [-0.3, -0.25) is 9.93 Å². The van der Waals surface area contributed by atoms with Gasteiger partial charge in [0.2, 0.25) is 5.95 Å². The van der Waals surface area contributed by atoms with Crippen molar-refractivity contribution in [1.29, 1.82) is 0 Å². The van der Waals surface area contributed by atoms with Crippen molar-refractivity contribution in [3.8, 4) is 0 Å². The molecule has 1 aromatic heterocycles. The molecule has 1 amide bonds. The van der Waals surface area contributed by atoms with Crippen molar-refractivity contribution in [1.82, 2.24) is 4.98 Å². The van der Waals surface area contributed by atoms with E-state index in [9.17, 15) is 9.18 Å². The number of anilines is 1. The molecule has 0 unspecified atom stereocenters. The van der Waals surface area contributed by atoms with Gasteiger partial charge in [-0.25, -0.2) is 4.98 Å². The lowest BCUT2D eigenvalue weighted by Gasteiger charge is -2.09. The van der Waals surface area contributed by atoms with Gasteiger partial charge >= 0.3 is 0 Å². The zero-order valence-electron chi connectivity index (χ0n) is 11.6. The third-order valence-electron chi connectivity index (χ3n) is 2.58. The molecule has 5 nitrogen and oxygen atoms in total. The van der Waals surface area contributed by atoms with E-state index < -0.39 is 11.9 Å². The van der Waals surface area contributed by atoms with Crippen LogP contribution in [-0.4, -0.2) is 10.9 Å². The molecule has 0 aliphatic carbocycles. The largest absolute Gasteiger partial charge is 0.393 e. The van der Waals surface area contributed by atoms with Gasteiger partial charge in [-0.1, -0.05) is 23.4 Å². The molecule has 0 spiro atoms. The van der Waals surface area contributed by atoms with Crippen molar-refractivity contribution >= 4 is 46.9 Å². The van der Waals surface area contributed by atoms with E-state index in [-0.39, 0.29) is 5.70 Å². The van der Waals surface area contributed by atoms with Crippen LogP contribution in [0.25, 0.3) is 0 Å². The molecule has 0 fully saturated rings. The normalized spacial score (nSPS) is 11.8. The minimum absolute atomic E-state index is 0.0400. The summed E-state index contributed by atoms with van der Waals surface area (Å²) in [7, 11) is 0. The lowest BCUT2D eigenvalue weighted by Crippen LogP contribution is -2.21. The number of carbonyl (C=O) groups is 1. The van der Waals surface area contributed by atoms with Crippen molar-refractivity contribution < 1.29 is 9.18 Å². The molecule has 0 atom stereocenters. The number of nitrogens with zero attached hydrogens (tertiary/aromatic N) is 1. The number of amides is 1. The zero-order chi connectivity index (χ0) is 16.8. The second-order valence-electron chi connectivity index (χ2n) is 4.20. The number of hydrogen-bond donors (Lipinski definition) is 3. The molecule has 5 N–H and O–H groups in total. The van der Waals surface area contributed by atoms with Gasteiger partial charge in [0.05, 0.1) is 16.1 Å². The molecule has 0 aliphatic rings. The Morgan fingerprint density at radius 1 is 1.22 bits per heavy atom. The monoisotopic (exact) mass is 370 g/mol. The fourth-order valence-corrected chi connectivity index (χ4v) is 3.01. The molecule has 23 heavy (non-hydrogen) atoms. The summed E-state index contributed by atoms with van der Waals surface area (Å²) in [6.07, 6.45) is 1.20. The molecule has 0 bridgehead atoms. The molecule has 2 aromatic rings. The Hall–Kier alpha value is -1.74. The highest BCUT2D eigenvalue weighted by molar-refractivity contribution is 8.21. The van der Waals surface area contributed by atoms with E-state index in [0.29, 0.717) is 14.9 Å². The fraction of sp³-hybridized carbons (Fsp3) is 0. The van der Waals surface area contributed by atoms with Crippen LogP contribution in [0.4, 0.5) is 10.1 Å². The number of nitrogens with one attached hydrogen (secondary N) is 1. The maximum Gasteiger partial charge on any atom is 0.273 e. The Kier molecular flexibility index (Phi) is 6.28. The number of halogens is 2. The summed E-state index contributed by atoms with van der Waals surface area (Å²) < 4.78 is 13.2. The Labute approximate surface area is 145 Å². The van der Waals surface area contributed by atoms with Crippen LogP contribution in [0, 0.1) is 5.95 Å². The predicted octanol–water partition coefficient (Wildman–Crippen LogP) is 3.34. The second-order valence-corrected chi connectivity index (χ2v) is 6.62. The highest BCUT2D eigenvalue weighted by Gasteiger charge is 2.14. The van der Waals surface area contributed by atoms with Crippen molar-refractivity contribution in [2.45, 2.75) is 4.90 Å². The zero-order valence-corrected chi connectivity index (χ0v) is 14.0. The van der Waals surface area contributed by atoms with Crippen LogP contribution < -0.4 is 16.2 Å². The lowest BCUT2D eigenvalue weighted by atomic mass is 10.4. The van der Waals surface area contributed by atoms with Crippen molar-refractivity contribution in [3.05, 3.63) is 63.5 Å². The third-order valence-corrected chi connectivity index (χ3v) is 4.72. The lowest BCUT2D eigenvalue weighted by molar-refractivity contribution is -0.112. The Balaban J connectivity index is 2.13. The molecule has 0 saturated heterocycles. The van der Waals surface area contributed by atoms with E-state index in [4.69, 9.17) is 22.5 Å².